The van der Waals surface area contributed by atoms with Gasteiger partial charge in [-0.1, -0.05) is 35.9 Å². The van der Waals surface area contributed by atoms with Crippen molar-refractivity contribution in [2.24, 2.45) is 7.05 Å². The number of aryl methyl sites for hydroxylation is 1. The van der Waals surface area contributed by atoms with Crippen LogP contribution in [0.4, 0.5) is 0 Å². The van der Waals surface area contributed by atoms with E-state index < -0.39 is 5.97 Å². The fourth-order valence-corrected chi connectivity index (χ4v) is 3.12. The van der Waals surface area contributed by atoms with Crippen LogP contribution in [-0.4, -0.2) is 25.8 Å². The van der Waals surface area contributed by atoms with Crippen LogP contribution in [0.1, 0.15) is 17.9 Å². The minimum atomic E-state index is -0.967. The van der Waals surface area contributed by atoms with Crippen molar-refractivity contribution in [2.45, 2.75) is 6.42 Å². The number of benzene rings is 2. The first-order valence-corrected chi connectivity index (χ1v) is 8.95. The number of carboxylic acid groups (broad SMARTS) is 1. The molecular formula is C21H16ClN3O3. The molecule has 2 aromatic carbocycles. The lowest BCUT2D eigenvalue weighted by Crippen LogP contribution is -1.97. The van der Waals surface area contributed by atoms with Crippen LogP contribution in [0, 0.1) is 0 Å². The fraction of sp³-hybridized carbons (Fsp3) is 0.0952. The van der Waals surface area contributed by atoms with Crippen LogP contribution in [-0.2, 0) is 11.8 Å². The molecule has 2 heterocycles. The van der Waals surface area contributed by atoms with E-state index in [4.69, 9.17) is 16.0 Å². The molecule has 4 rings (SSSR count). The maximum absolute atomic E-state index is 11.4. The quantitative estimate of drug-likeness (QED) is 0.521. The molecule has 28 heavy (non-hydrogen) atoms. The molecule has 0 bridgehead atoms. The Labute approximate surface area is 165 Å². The highest BCUT2D eigenvalue weighted by atomic mass is 35.5. The zero-order valence-corrected chi connectivity index (χ0v) is 15.7. The first kappa shape index (κ1) is 18.0. The molecule has 0 saturated heterocycles. The van der Waals surface area contributed by atoms with Crippen LogP contribution < -0.4 is 0 Å². The maximum Gasteiger partial charge on any atom is 0.308 e. The van der Waals surface area contributed by atoms with Gasteiger partial charge < -0.3 is 9.52 Å². The van der Waals surface area contributed by atoms with E-state index in [9.17, 15) is 9.90 Å². The number of halogens is 1. The molecule has 1 N–H and O–H groups in total. The number of carbonyl (C=O) groups is 1. The summed E-state index contributed by atoms with van der Waals surface area (Å²) in [6, 6.07) is 14.6. The van der Waals surface area contributed by atoms with Crippen LogP contribution in [0.15, 0.2) is 59.1 Å². The summed E-state index contributed by atoms with van der Waals surface area (Å²) >= 11 is 5.98. The number of oxazole rings is 1. The molecule has 0 atom stereocenters. The molecule has 6 nitrogen and oxygen atoms in total. The number of hydrogen-bond acceptors (Lipinski definition) is 4. The minimum absolute atomic E-state index is 0.220. The predicted octanol–water partition coefficient (Wildman–Crippen LogP) is 4.90. The van der Waals surface area contributed by atoms with Gasteiger partial charge in [-0.15, -0.1) is 0 Å². The molecular weight excluding hydrogens is 378 g/mol. The Morgan fingerprint density at radius 1 is 1.21 bits per heavy atom. The zero-order chi connectivity index (χ0) is 19.7. The standard InChI is InChI=1S/C21H16ClN3O3/c1-25-12-15(20(24-25)13-6-8-16(22)9-7-13)10-14(11-19(26)27)21-23-17-4-2-3-5-18(17)28-21/h2-10,12H,11H2,1H3,(H,26,27)/b14-10+. The van der Waals surface area contributed by atoms with Gasteiger partial charge in [-0.25, -0.2) is 4.98 Å². The molecule has 0 aliphatic heterocycles. The number of aromatic nitrogens is 3. The first-order valence-electron chi connectivity index (χ1n) is 8.57. The van der Waals surface area contributed by atoms with Gasteiger partial charge in [0.1, 0.15) is 5.52 Å². The van der Waals surface area contributed by atoms with Crippen LogP contribution in [0.5, 0.6) is 0 Å². The normalized spacial score (nSPS) is 11.9. The Balaban J connectivity index is 1.83. The molecule has 0 saturated carbocycles. The van der Waals surface area contributed by atoms with Crippen molar-refractivity contribution >= 4 is 40.3 Å². The molecule has 140 valence electrons. The Kier molecular flexibility index (Phi) is 4.71. The molecule has 0 radical (unpaired) electrons. The van der Waals surface area contributed by atoms with E-state index in [0.717, 1.165) is 16.8 Å². The number of nitrogens with zero attached hydrogens (tertiary/aromatic N) is 3. The third-order valence-corrected chi connectivity index (χ3v) is 4.47. The summed E-state index contributed by atoms with van der Waals surface area (Å²) in [5.41, 5.74) is 4.12. The Morgan fingerprint density at radius 3 is 2.68 bits per heavy atom. The fourth-order valence-electron chi connectivity index (χ4n) is 2.99. The second-order valence-electron chi connectivity index (χ2n) is 6.34. The molecule has 0 spiro atoms. The molecule has 0 aliphatic rings. The summed E-state index contributed by atoms with van der Waals surface area (Å²) in [7, 11) is 1.81. The maximum atomic E-state index is 11.4. The van der Waals surface area contributed by atoms with Crippen molar-refractivity contribution in [3.63, 3.8) is 0 Å². The summed E-state index contributed by atoms with van der Waals surface area (Å²) in [5.74, 6) is -0.681. The Morgan fingerprint density at radius 2 is 1.96 bits per heavy atom. The molecule has 4 aromatic rings. The average Bonchev–Trinajstić information content (AvgIpc) is 3.25. The number of hydrogen-bond donors (Lipinski definition) is 1. The largest absolute Gasteiger partial charge is 0.481 e. The van der Waals surface area contributed by atoms with E-state index in [1.54, 1.807) is 29.0 Å². The Hall–Kier alpha value is -3.38. The molecule has 0 amide bonds. The van der Waals surface area contributed by atoms with E-state index in [2.05, 4.69) is 10.1 Å². The van der Waals surface area contributed by atoms with E-state index >= 15 is 0 Å². The van der Waals surface area contributed by atoms with E-state index in [0.29, 0.717) is 21.7 Å². The van der Waals surface area contributed by atoms with Gasteiger partial charge in [0.2, 0.25) is 5.89 Å². The lowest BCUT2D eigenvalue weighted by molar-refractivity contribution is -0.135. The smallest absolute Gasteiger partial charge is 0.308 e. The number of fused-ring (bicyclic) bond motifs is 1. The van der Waals surface area contributed by atoms with Gasteiger partial charge in [-0.05, 0) is 30.3 Å². The monoisotopic (exact) mass is 393 g/mol. The van der Waals surface area contributed by atoms with Crippen LogP contribution in [0.25, 0.3) is 34.0 Å². The summed E-state index contributed by atoms with van der Waals surface area (Å²) in [5, 5.41) is 14.5. The molecule has 0 unspecified atom stereocenters. The highest BCUT2D eigenvalue weighted by molar-refractivity contribution is 6.30. The van der Waals surface area contributed by atoms with Crippen LogP contribution >= 0.6 is 11.6 Å². The second kappa shape index (κ2) is 7.32. The second-order valence-corrected chi connectivity index (χ2v) is 6.78. The molecule has 2 aromatic heterocycles. The van der Waals surface area contributed by atoms with Crippen molar-refractivity contribution in [3.05, 3.63) is 71.2 Å². The lowest BCUT2D eigenvalue weighted by atomic mass is 10.0. The summed E-state index contributed by atoms with van der Waals surface area (Å²) in [4.78, 5) is 15.9. The van der Waals surface area contributed by atoms with Gasteiger partial charge in [0.15, 0.2) is 5.58 Å². The summed E-state index contributed by atoms with van der Waals surface area (Å²) < 4.78 is 7.46. The third kappa shape index (κ3) is 3.68. The number of rotatable bonds is 5. The first-order chi connectivity index (χ1) is 13.5. The zero-order valence-electron chi connectivity index (χ0n) is 15.0. The van der Waals surface area contributed by atoms with Gasteiger partial charge in [0.25, 0.3) is 0 Å². The molecule has 0 fully saturated rings. The van der Waals surface area contributed by atoms with Gasteiger partial charge in [-0.2, -0.15) is 5.10 Å². The van der Waals surface area contributed by atoms with Crippen LogP contribution in [0.3, 0.4) is 0 Å². The van der Waals surface area contributed by atoms with Gasteiger partial charge in [0, 0.05) is 35.0 Å². The summed E-state index contributed by atoms with van der Waals surface area (Å²) in [6.45, 7) is 0. The van der Waals surface area contributed by atoms with Gasteiger partial charge >= 0.3 is 5.97 Å². The van der Waals surface area contributed by atoms with Crippen molar-refractivity contribution in [1.82, 2.24) is 14.8 Å². The lowest BCUT2D eigenvalue weighted by Gasteiger charge is -2.02. The Bertz CT molecular complexity index is 1160. The van der Waals surface area contributed by atoms with Gasteiger partial charge in [-0.3, -0.25) is 9.48 Å². The van der Waals surface area contributed by atoms with Crippen molar-refractivity contribution in [2.75, 3.05) is 0 Å². The van der Waals surface area contributed by atoms with E-state index in [1.165, 1.54) is 0 Å². The van der Waals surface area contributed by atoms with E-state index in [-0.39, 0.29) is 12.3 Å². The van der Waals surface area contributed by atoms with E-state index in [1.807, 2.05) is 43.6 Å². The number of aliphatic carboxylic acids is 1. The van der Waals surface area contributed by atoms with Crippen LogP contribution in [0.2, 0.25) is 5.02 Å². The topological polar surface area (TPSA) is 81.2 Å². The third-order valence-electron chi connectivity index (χ3n) is 4.21. The van der Waals surface area contributed by atoms with Crippen molar-refractivity contribution in [3.8, 4) is 11.3 Å². The van der Waals surface area contributed by atoms with Crippen molar-refractivity contribution in [1.29, 1.82) is 0 Å². The highest BCUT2D eigenvalue weighted by Crippen LogP contribution is 2.30. The SMILES string of the molecule is Cn1cc(/C=C(\CC(=O)O)c2nc3ccccc3o2)c(-c2ccc(Cl)cc2)n1. The highest BCUT2D eigenvalue weighted by Gasteiger charge is 2.17. The minimum Gasteiger partial charge on any atom is -0.481 e. The average molecular weight is 394 g/mol. The molecule has 0 aliphatic carbocycles. The number of carboxylic acids is 1. The summed E-state index contributed by atoms with van der Waals surface area (Å²) in [6.07, 6.45) is 3.37. The van der Waals surface area contributed by atoms with Crippen molar-refractivity contribution < 1.29 is 14.3 Å². The van der Waals surface area contributed by atoms with Gasteiger partial charge in [0.05, 0.1) is 12.1 Å². The number of para-hydroxylation sites is 2. The molecule has 7 heteroatoms. The predicted molar refractivity (Wildman–Crippen MR) is 108 cm³/mol.